The van der Waals surface area contributed by atoms with Crippen molar-refractivity contribution in [2.24, 2.45) is 5.73 Å². The van der Waals surface area contributed by atoms with Crippen LogP contribution in [0.3, 0.4) is 0 Å². The first-order valence-corrected chi connectivity index (χ1v) is 5.43. The molecule has 1 rings (SSSR count). The normalized spacial score (nSPS) is 13.9. The molecule has 0 aliphatic rings. The Balaban J connectivity index is 2.72. The Morgan fingerprint density at radius 3 is 2.20 bits per heavy atom. The molecule has 0 aromatic heterocycles. The van der Waals surface area contributed by atoms with Crippen LogP contribution in [0.1, 0.15) is 37.8 Å². The van der Waals surface area contributed by atoms with Crippen molar-refractivity contribution in [2.45, 2.75) is 38.7 Å². The van der Waals surface area contributed by atoms with E-state index in [4.69, 9.17) is 5.73 Å². The van der Waals surface area contributed by atoms with Gasteiger partial charge in [-0.1, -0.05) is 31.2 Å². The van der Waals surface area contributed by atoms with Gasteiger partial charge in [-0.05, 0) is 37.4 Å². The second kappa shape index (κ2) is 4.77. The fourth-order valence-electron chi connectivity index (χ4n) is 1.60. The van der Waals surface area contributed by atoms with Crippen LogP contribution in [0.4, 0.5) is 0 Å². The van der Waals surface area contributed by atoms with Crippen molar-refractivity contribution in [1.82, 2.24) is 0 Å². The summed E-state index contributed by atoms with van der Waals surface area (Å²) < 4.78 is 0. The third-order valence-corrected chi connectivity index (χ3v) is 2.54. The molecule has 0 aliphatic carbocycles. The van der Waals surface area contributed by atoms with Crippen molar-refractivity contribution in [3.63, 3.8) is 0 Å². The van der Waals surface area contributed by atoms with E-state index in [1.165, 1.54) is 5.56 Å². The van der Waals surface area contributed by atoms with Crippen LogP contribution in [-0.4, -0.2) is 17.3 Å². The summed E-state index contributed by atoms with van der Waals surface area (Å²) in [6.45, 7) is 6.43. The third kappa shape index (κ3) is 4.02. The molecule has 0 amide bonds. The van der Waals surface area contributed by atoms with Gasteiger partial charge < -0.3 is 10.8 Å². The zero-order valence-corrected chi connectivity index (χ0v) is 9.83. The van der Waals surface area contributed by atoms with Gasteiger partial charge in [0, 0.05) is 6.42 Å². The van der Waals surface area contributed by atoms with Gasteiger partial charge in [-0.25, -0.2) is 0 Å². The summed E-state index contributed by atoms with van der Waals surface area (Å²) >= 11 is 0. The predicted molar refractivity (Wildman–Crippen MR) is 63.9 cm³/mol. The van der Waals surface area contributed by atoms with Crippen molar-refractivity contribution >= 4 is 0 Å². The minimum absolute atomic E-state index is 0.404. The molecule has 1 aromatic rings. The number of hydrogen-bond donors (Lipinski definition) is 2. The van der Waals surface area contributed by atoms with E-state index in [-0.39, 0.29) is 0 Å². The Kier molecular flexibility index (Phi) is 3.89. The Morgan fingerprint density at radius 2 is 1.80 bits per heavy atom. The van der Waals surface area contributed by atoms with Crippen molar-refractivity contribution < 1.29 is 5.11 Å². The molecule has 3 N–H and O–H groups in total. The molecule has 1 aromatic carbocycles. The molecule has 2 heteroatoms. The van der Waals surface area contributed by atoms with Crippen molar-refractivity contribution in [3.05, 3.63) is 35.4 Å². The summed E-state index contributed by atoms with van der Waals surface area (Å²) in [4.78, 5) is 0. The van der Waals surface area contributed by atoms with E-state index in [0.717, 1.165) is 5.56 Å². The van der Waals surface area contributed by atoms with Gasteiger partial charge in [-0.3, -0.25) is 0 Å². The number of hydrogen-bond acceptors (Lipinski definition) is 2. The lowest BCUT2D eigenvalue weighted by Gasteiger charge is -2.17. The summed E-state index contributed by atoms with van der Waals surface area (Å²) in [5.74, 6) is 0.404. The lowest BCUT2D eigenvalue weighted by molar-refractivity contribution is 0.0810. The van der Waals surface area contributed by atoms with Gasteiger partial charge in [0.2, 0.25) is 0 Å². The van der Waals surface area contributed by atoms with Crippen molar-refractivity contribution in [3.8, 4) is 0 Å². The Morgan fingerprint density at radius 1 is 1.27 bits per heavy atom. The second-order valence-corrected chi connectivity index (χ2v) is 4.87. The maximum absolute atomic E-state index is 9.68. The highest BCUT2D eigenvalue weighted by Crippen LogP contribution is 2.17. The number of aliphatic hydroxyl groups is 1. The number of rotatable bonds is 4. The van der Waals surface area contributed by atoms with Gasteiger partial charge in [0.25, 0.3) is 0 Å². The van der Waals surface area contributed by atoms with Crippen LogP contribution < -0.4 is 5.73 Å². The summed E-state index contributed by atoms with van der Waals surface area (Å²) in [5, 5.41) is 9.68. The van der Waals surface area contributed by atoms with Crippen molar-refractivity contribution in [1.29, 1.82) is 0 Å². The lowest BCUT2D eigenvalue weighted by atomic mass is 9.95. The van der Waals surface area contributed by atoms with E-state index in [1.807, 2.05) is 13.8 Å². The SMILES string of the molecule is CC(CN)c1ccc(CC(C)(C)O)cc1. The first-order chi connectivity index (χ1) is 6.92. The highest BCUT2D eigenvalue weighted by Gasteiger charge is 2.13. The predicted octanol–water partition coefficient (Wildman–Crippen LogP) is 2.06. The Hall–Kier alpha value is -0.860. The van der Waals surface area contributed by atoms with E-state index in [1.54, 1.807) is 0 Å². The molecule has 0 fully saturated rings. The smallest absolute Gasteiger partial charge is 0.0631 e. The van der Waals surface area contributed by atoms with Crippen LogP contribution in [0, 0.1) is 0 Å². The fourth-order valence-corrected chi connectivity index (χ4v) is 1.60. The zero-order chi connectivity index (χ0) is 11.5. The van der Waals surface area contributed by atoms with Gasteiger partial charge in [-0.15, -0.1) is 0 Å². The molecule has 0 saturated carbocycles. The van der Waals surface area contributed by atoms with Gasteiger partial charge in [-0.2, -0.15) is 0 Å². The van der Waals surface area contributed by atoms with Crippen LogP contribution >= 0.6 is 0 Å². The average molecular weight is 207 g/mol. The quantitative estimate of drug-likeness (QED) is 0.794. The molecule has 1 unspecified atom stereocenters. The van der Waals surface area contributed by atoms with Gasteiger partial charge in [0.15, 0.2) is 0 Å². The van der Waals surface area contributed by atoms with E-state index in [9.17, 15) is 5.11 Å². The molecular weight excluding hydrogens is 186 g/mol. The van der Waals surface area contributed by atoms with Crippen LogP contribution in [0.25, 0.3) is 0 Å². The van der Waals surface area contributed by atoms with Gasteiger partial charge >= 0.3 is 0 Å². The van der Waals surface area contributed by atoms with E-state index in [0.29, 0.717) is 18.9 Å². The molecule has 0 heterocycles. The molecule has 0 bridgehead atoms. The average Bonchev–Trinajstić information content (AvgIpc) is 2.15. The van der Waals surface area contributed by atoms with E-state index < -0.39 is 5.60 Å². The maximum Gasteiger partial charge on any atom is 0.0631 e. The zero-order valence-electron chi connectivity index (χ0n) is 9.83. The minimum Gasteiger partial charge on any atom is -0.390 e. The Labute approximate surface area is 92.1 Å². The molecule has 15 heavy (non-hydrogen) atoms. The van der Waals surface area contributed by atoms with Crippen LogP contribution in [-0.2, 0) is 6.42 Å². The molecule has 1 atom stereocenters. The minimum atomic E-state index is -0.638. The molecule has 0 saturated heterocycles. The first-order valence-electron chi connectivity index (χ1n) is 5.43. The summed E-state index contributed by atoms with van der Waals surface area (Å²) in [7, 11) is 0. The first kappa shape index (κ1) is 12.2. The largest absolute Gasteiger partial charge is 0.390 e. The van der Waals surface area contributed by atoms with E-state index >= 15 is 0 Å². The molecular formula is C13H21NO. The van der Waals surface area contributed by atoms with Crippen LogP contribution in [0.2, 0.25) is 0 Å². The van der Waals surface area contributed by atoms with E-state index in [2.05, 4.69) is 31.2 Å². The van der Waals surface area contributed by atoms with Crippen LogP contribution in [0.15, 0.2) is 24.3 Å². The number of benzene rings is 1. The number of nitrogens with two attached hydrogens (primary N) is 1. The molecule has 0 spiro atoms. The Bertz CT molecular complexity index is 297. The van der Waals surface area contributed by atoms with Crippen LogP contribution in [0.5, 0.6) is 0 Å². The topological polar surface area (TPSA) is 46.2 Å². The van der Waals surface area contributed by atoms with Gasteiger partial charge in [0.05, 0.1) is 5.60 Å². The van der Waals surface area contributed by atoms with Gasteiger partial charge in [0.1, 0.15) is 0 Å². The molecule has 0 radical (unpaired) electrons. The van der Waals surface area contributed by atoms with Crippen molar-refractivity contribution in [2.75, 3.05) is 6.54 Å². The molecule has 84 valence electrons. The lowest BCUT2D eigenvalue weighted by Crippen LogP contribution is -2.21. The standard InChI is InChI=1S/C13H21NO/c1-10(9-14)12-6-4-11(5-7-12)8-13(2,3)15/h4-7,10,15H,8-9,14H2,1-3H3. The summed E-state index contributed by atoms with van der Waals surface area (Å²) in [5.41, 5.74) is 7.39. The summed E-state index contributed by atoms with van der Waals surface area (Å²) in [6, 6.07) is 8.33. The summed E-state index contributed by atoms with van der Waals surface area (Å²) in [6.07, 6.45) is 0.685. The highest BCUT2D eigenvalue weighted by atomic mass is 16.3. The monoisotopic (exact) mass is 207 g/mol. The second-order valence-electron chi connectivity index (χ2n) is 4.87. The third-order valence-electron chi connectivity index (χ3n) is 2.54. The molecule has 2 nitrogen and oxygen atoms in total. The highest BCUT2D eigenvalue weighted by molar-refractivity contribution is 5.26. The molecule has 0 aliphatic heterocycles. The maximum atomic E-state index is 9.68. The fraction of sp³-hybridized carbons (Fsp3) is 0.538.